The van der Waals surface area contributed by atoms with Crippen molar-refractivity contribution in [1.82, 2.24) is 4.90 Å². The van der Waals surface area contributed by atoms with E-state index in [1.807, 2.05) is 6.92 Å². The molecule has 0 aromatic heterocycles. The van der Waals surface area contributed by atoms with E-state index in [2.05, 4.69) is 44.1 Å². The van der Waals surface area contributed by atoms with Crippen molar-refractivity contribution >= 4 is 0 Å². The van der Waals surface area contributed by atoms with Gasteiger partial charge >= 0.3 is 0 Å². The van der Waals surface area contributed by atoms with Crippen molar-refractivity contribution in [2.45, 2.75) is 56.7 Å². The van der Waals surface area contributed by atoms with E-state index >= 15 is 0 Å². The van der Waals surface area contributed by atoms with E-state index in [1.165, 1.54) is 5.56 Å². The summed E-state index contributed by atoms with van der Waals surface area (Å²) in [5.74, 6) is 0.940. The number of benzene rings is 1. The summed E-state index contributed by atoms with van der Waals surface area (Å²) in [7, 11) is 4.25. The van der Waals surface area contributed by atoms with Crippen molar-refractivity contribution in [2.75, 3.05) is 27.4 Å². The number of ether oxygens (including phenoxy) is 2. The minimum atomic E-state index is -0.524. The van der Waals surface area contributed by atoms with Crippen molar-refractivity contribution in [2.24, 2.45) is 0 Å². The highest BCUT2D eigenvalue weighted by atomic mass is 16.7. The van der Waals surface area contributed by atoms with Gasteiger partial charge in [0.05, 0.1) is 11.7 Å². The van der Waals surface area contributed by atoms with E-state index in [0.29, 0.717) is 6.79 Å². The molecule has 0 amide bonds. The molecule has 1 aliphatic carbocycles. The first-order valence-corrected chi connectivity index (χ1v) is 8.57. The third-order valence-corrected chi connectivity index (χ3v) is 5.50. The van der Waals surface area contributed by atoms with E-state index < -0.39 is 5.60 Å². The van der Waals surface area contributed by atoms with Gasteiger partial charge in [0.15, 0.2) is 6.79 Å². The fourth-order valence-electron chi connectivity index (χ4n) is 4.03. The topological polar surface area (TPSA) is 41.9 Å². The van der Waals surface area contributed by atoms with E-state index in [-0.39, 0.29) is 11.5 Å². The normalized spacial score (nSPS) is 34.1. The summed E-state index contributed by atoms with van der Waals surface area (Å²) in [5, 5.41) is 10.4. The van der Waals surface area contributed by atoms with Gasteiger partial charge in [-0.05, 0) is 71.3 Å². The second-order valence-corrected chi connectivity index (χ2v) is 7.84. The Morgan fingerprint density at radius 3 is 2.57 bits per heavy atom. The molecule has 2 aliphatic rings. The summed E-state index contributed by atoms with van der Waals surface area (Å²) in [4.78, 5) is 2.26. The number of rotatable bonds is 3. The van der Waals surface area contributed by atoms with Gasteiger partial charge in [-0.1, -0.05) is 6.07 Å². The largest absolute Gasteiger partial charge is 0.467 e. The van der Waals surface area contributed by atoms with Crippen LogP contribution < -0.4 is 4.74 Å². The summed E-state index contributed by atoms with van der Waals surface area (Å²) >= 11 is 0. The molecule has 1 fully saturated rings. The lowest BCUT2D eigenvalue weighted by atomic mass is 9.65. The zero-order chi connectivity index (χ0) is 16.7. The number of aliphatic hydroxyl groups is 1. The predicted molar refractivity (Wildman–Crippen MR) is 90.8 cm³/mol. The maximum absolute atomic E-state index is 10.4. The van der Waals surface area contributed by atoms with E-state index in [1.54, 1.807) is 0 Å². The fourth-order valence-corrected chi connectivity index (χ4v) is 4.03. The minimum absolute atomic E-state index is 0.0711. The summed E-state index contributed by atoms with van der Waals surface area (Å²) in [5.41, 5.74) is 2.06. The van der Waals surface area contributed by atoms with E-state index in [9.17, 15) is 5.11 Å². The molecule has 3 rings (SSSR count). The third kappa shape index (κ3) is 3.39. The van der Waals surface area contributed by atoms with Crippen LogP contribution in [-0.4, -0.2) is 43.0 Å². The Labute approximate surface area is 139 Å². The van der Waals surface area contributed by atoms with E-state index in [0.717, 1.165) is 43.5 Å². The molecule has 1 heterocycles. The van der Waals surface area contributed by atoms with Crippen LogP contribution in [0.5, 0.6) is 5.75 Å². The average Bonchev–Trinajstić information content (AvgIpc) is 2.49. The van der Waals surface area contributed by atoms with Gasteiger partial charge < -0.3 is 19.5 Å². The lowest BCUT2D eigenvalue weighted by molar-refractivity contribution is -0.0514. The van der Waals surface area contributed by atoms with Crippen molar-refractivity contribution in [3.63, 3.8) is 0 Å². The summed E-state index contributed by atoms with van der Waals surface area (Å²) in [6.07, 6.45) is 3.78. The quantitative estimate of drug-likeness (QED) is 0.929. The molecule has 0 spiro atoms. The Morgan fingerprint density at radius 1 is 1.22 bits per heavy atom. The van der Waals surface area contributed by atoms with Crippen LogP contribution in [0.1, 0.15) is 56.8 Å². The van der Waals surface area contributed by atoms with Crippen LogP contribution >= 0.6 is 0 Å². The molecule has 4 nitrogen and oxygen atoms in total. The smallest absolute Gasteiger partial charge is 0.189 e. The molecule has 0 bridgehead atoms. The molecule has 23 heavy (non-hydrogen) atoms. The first-order valence-electron chi connectivity index (χ1n) is 8.57. The molecule has 1 N–H and O–H groups in total. The molecular formula is C19H29NO3. The highest BCUT2D eigenvalue weighted by Crippen LogP contribution is 2.45. The first-order chi connectivity index (χ1) is 10.8. The monoisotopic (exact) mass is 319 g/mol. The van der Waals surface area contributed by atoms with Crippen LogP contribution in [0.15, 0.2) is 18.2 Å². The van der Waals surface area contributed by atoms with Crippen molar-refractivity contribution in [3.05, 3.63) is 29.3 Å². The molecule has 1 saturated carbocycles. The zero-order valence-corrected chi connectivity index (χ0v) is 14.8. The van der Waals surface area contributed by atoms with Gasteiger partial charge in [0.2, 0.25) is 0 Å². The van der Waals surface area contributed by atoms with Gasteiger partial charge in [0.25, 0.3) is 0 Å². The van der Waals surface area contributed by atoms with E-state index in [4.69, 9.17) is 9.47 Å². The van der Waals surface area contributed by atoms with Crippen molar-refractivity contribution in [3.8, 4) is 5.75 Å². The van der Waals surface area contributed by atoms with Crippen LogP contribution in [0.25, 0.3) is 0 Å². The highest BCUT2D eigenvalue weighted by molar-refractivity contribution is 5.42. The zero-order valence-electron chi connectivity index (χ0n) is 14.8. The number of nitrogens with zero attached hydrogens (tertiary/aromatic N) is 1. The Kier molecular flexibility index (Phi) is 4.43. The number of hydrogen-bond acceptors (Lipinski definition) is 4. The van der Waals surface area contributed by atoms with Gasteiger partial charge in [0, 0.05) is 17.5 Å². The molecule has 0 radical (unpaired) electrons. The molecular weight excluding hydrogens is 290 g/mol. The molecule has 4 heteroatoms. The van der Waals surface area contributed by atoms with Crippen LogP contribution in [-0.2, 0) is 10.2 Å². The summed E-state index contributed by atoms with van der Waals surface area (Å²) in [6.45, 7) is 5.37. The highest BCUT2D eigenvalue weighted by Gasteiger charge is 2.41. The average molecular weight is 319 g/mol. The maximum atomic E-state index is 10.4. The molecule has 128 valence electrons. The van der Waals surface area contributed by atoms with Crippen LogP contribution in [0, 0.1) is 0 Å². The number of hydrogen-bond donors (Lipinski definition) is 1. The van der Waals surface area contributed by atoms with Crippen LogP contribution in [0.4, 0.5) is 0 Å². The lowest BCUT2D eigenvalue weighted by Gasteiger charge is -2.45. The minimum Gasteiger partial charge on any atom is -0.467 e. The lowest BCUT2D eigenvalue weighted by Crippen LogP contribution is -2.45. The second-order valence-electron chi connectivity index (χ2n) is 7.84. The number of fused-ring (bicyclic) bond motifs is 1. The first kappa shape index (κ1) is 16.7. The molecule has 0 saturated heterocycles. The Morgan fingerprint density at radius 2 is 1.91 bits per heavy atom. The van der Waals surface area contributed by atoms with Crippen LogP contribution in [0.2, 0.25) is 0 Å². The maximum Gasteiger partial charge on any atom is 0.189 e. The van der Waals surface area contributed by atoms with Gasteiger partial charge in [-0.3, -0.25) is 0 Å². The van der Waals surface area contributed by atoms with Crippen LogP contribution in [0.3, 0.4) is 0 Å². The van der Waals surface area contributed by atoms with Gasteiger partial charge in [-0.15, -0.1) is 0 Å². The Bertz CT molecular complexity index is 558. The third-order valence-electron chi connectivity index (χ3n) is 5.50. The summed E-state index contributed by atoms with van der Waals surface area (Å²) in [6, 6.07) is 6.57. The van der Waals surface area contributed by atoms with Gasteiger partial charge in [0.1, 0.15) is 5.75 Å². The number of likely N-dealkylation sites (N-methyl/N-ethyl adjacent to an activating group) is 1. The Hall–Kier alpha value is -1.10. The SMILES string of the molecule is C[C@@H]1OCOc2ccc(C3(CN(C)C)CCC(C)(O)CC3)cc21. The fraction of sp³-hybridized carbons (Fsp3) is 0.684. The predicted octanol–water partition coefficient (Wildman–Crippen LogP) is 3.24. The molecule has 1 atom stereocenters. The molecule has 1 aromatic rings. The standard InChI is InChI=1S/C19H29NO3/c1-14-16-11-15(5-6-17(16)23-13-22-14)19(12-20(3)4)9-7-18(2,21)8-10-19/h5-6,11,14,21H,7-10,12-13H2,1-4H3/t14-,18?,19?/m0/s1. The molecule has 1 aromatic carbocycles. The van der Waals surface area contributed by atoms with Gasteiger partial charge in [-0.2, -0.15) is 0 Å². The van der Waals surface area contributed by atoms with Crippen molar-refractivity contribution < 1.29 is 14.6 Å². The molecule has 0 unspecified atom stereocenters. The van der Waals surface area contributed by atoms with Gasteiger partial charge in [-0.25, -0.2) is 0 Å². The Balaban J connectivity index is 1.96. The van der Waals surface area contributed by atoms with Crippen molar-refractivity contribution in [1.29, 1.82) is 0 Å². The molecule has 1 aliphatic heterocycles. The summed E-state index contributed by atoms with van der Waals surface area (Å²) < 4.78 is 11.2. The second kappa shape index (κ2) is 6.08.